The summed E-state index contributed by atoms with van der Waals surface area (Å²) >= 11 is 0. The predicted octanol–water partition coefficient (Wildman–Crippen LogP) is -0.377. The Kier molecular flexibility index (Phi) is 3.25. The van der Waals surface area contributed by atoms with Crippen LogP contribution in [0.3, 0.4) is 0 Å². The van der Waals surface area contributed by atoms with Crippen molar-refractivity contribution in [3.8, 4) is 0 Å². The maximum absolute atomic E-state index is 10.0. The number of carbonyl (C=O) groups excluding carboxylic acids is 2. The van der Waals surface area contributed by atoms with Crippen molar-refractivity contribution >= 4 is 11.8 Å². The summed E-state index contributed by atoms with van der Waals surface area (Å²) in [5, 5.41) is 2.21. The van der Waals surface area contributed by atoms with E-state index in [-0.39, 0.29) is 5.91 Å². The first-order valence-electron chi connectivity index (χ1n) is 1.99. The molecule has 0 rings (SSSR count). The zero-order valence-corrected chi connectivity index (χ0v) is 4.39. The van der Waals surface area contributed by atoms with Crippen molar-refractivity contribution in [1.82, 2.24) is 5.32 Å². The van der Waals surface area contributed by atoms with Crippen molar-refractivity contribution in [2.24, 2.45) is 0 Å². The van der Waals surface area contributed by atoms with Crippen molar-refractivity contribution in [3.63, 3.8) is 0 Å². The molecule has 0 spiro atoms. The van der Waals surface area contributed by atoms with Gasteiger partial charge in [0.15, 0.2) is 5.94 Å². The second-order valence-corrected chi connectivity index (χ2v) is 1.09. The van der Waals surface area contributed by atoms with E-state index in [1.807, 2.05) is 5.73 Å². The van der Waals surface area contributed by atoms with E-state index in [2.05, 4.69) is 5.32 Å². The average Bonchev–Trinajstić information content (AvgIpc) is 1.66. The van der Waals surface area contributed by atoms with Crippen LogP contribution in [0, 0.1) is 0 Å². The molecule has 0 heterocycles. The third-order valence-electron chi connectivity index (χ3n) is 0.407. The second-order valence-electron chi connectivity index (χ2n) is 1.09. The zero-order valence-electron chi connectivity index (χ0n) is 4.39. The van der Waals surface area contributed by atoms with Gasteiger partial charge in [0, 0.05) is 6.92 Å². The lowest BCUT2D eigenvalue weighted by atomic mass is 10.7. The van der Waals surface area contributed by atoms with Gasteiger partial charge in [-0.15, -0.1) is 0 Å². The van der Waals surface area contributed by atoms with E-state index >= 15 is 0 Å². The van der Waals surface area contributed by atoms with Crippen LogP contribution >= 0.6 is 0 Å². The molecule has 0 aromatic heterocycles. The fourth-order valence-electron chi connectivity index (χ4n) is 0.167. The van der Waals surface area contributed by atoms with Gasteiger partial charge in [0.1, 0.15) is 0 Å². The molecule has 0 aliphatic heterocycles. The second kappa shape index (κ2) is 3.88. The van der Waals surface area contributed by atoms with E-state index in [4.69, 9.17) is 0 Å². The highest BCUT2D eigenvalue weighted by Crippen LogP contribution is 1.56. The zero-order chi connectivity index (χ0) is 6.41. The van der Waals surface area contributed by atoms with Crippen LogP contribution in [0.4, 0.5) is 0 Å². The number of rotatable bonds is 1. The largest absolute Gasteiger partial charge is 0.325 e. The van der Waals surface area contributed by atoms with Crippen molar-refractivity contribution in [2.75, 3.05) is 0 Å². The molecule has 0 radical (unpaired) electrons. The number of carbonyl (C=O) groups is 1. The highest BCUT2D eigenvalue weighted by molar-refractivity contribution is 5.74. The van der Waals surface area contributed by atoms with Gasteiger partial charge in [-0.3, -0.25) is 4.79 Å². The van der Waals surface area contributed by atoms with Crippen LogP contribution < -0.4 is 5.32 Å². The van der Waals surface area contributed by atoms with Crippen molar-refractivity contribution in [2.45, 2.75) is 6.92 Å². The molecule has 3 nitrogen and oxygen atoms in total. The quantitative estimate of drug-likeness (QED) is 0.370. The molecule has 0 atom stereocenters. The highest BCUT2D eigenvalue weighted by Gasteiger charge is 1.77. The topological polar surface area (TPSA) is 46.2 Å². The monoisotopic (exact) mass is 111 g/mol. The Labute approximate surface area is 46.7 Å². The molecule has 0 aliphatic rings. The maximum Gasteiger partial charge on any atom is 0.221 e. The van der Waals surface area contributed by atoms with Gasteiger partial charge >= 0.3 is 0 Å². The minimum Gasteiger partial charge on any atom is -0.325 e. The van der Waals surface area contributed by atoms with Crippen molar-refractivity contribution < 1.29 is 9.59 Å². The average molecular weight is 111 g/mol. The molecular formula is C5H5NO2. The summed E-state index contributed by atoms with van der Waals surface area (Å²) in [6.45, 7) is 1.34. The van der Waals surface area contributed by atoms with Crippen molar-refractivity contribution in [1.29, 1.82) is 0 Å². The Hall–Kier alpha value is -1.30. The standard InChI is InChI=1S/C5H5NO2/c1-5(8)6-3-2-4-7/h3H,1H3,(H,6,8). The summed E-state index contributed by atoms with van der Waals surface area (Å²) < 4.78 is 0. The Balaban J connectivity index is 3.61. The Morgan fingerprint density at radius 1 is 1.75 bits per heavy atom. The fourth-order valence-corrected chi connectivity index (χ4v) is 0.167. The molecule has 0 bridgehead atoms. The first-order chi connectivity index (χ1) is 3.77. The summed E-state index contributed by atoms with van der Waals surface area (Å²) in [6, 6.07) is 0. The Bertz CT molecular complexity index is 161. The molecule has 0 saturated carbocycles. The van der Waals surface area contributed by atoms with Gasteiger partial charge in [-0.05, 0) is 5.73 Å². The van der Waals surface area contributed by atoms with E-state index in [0.717, 1.165) is 6.20 Å². The van der Waals surface area contributed by atoms with Crippen molar-refractivity contribution in [3.05, 3.63) is 11.9 Å². The molecule has 8 heavy (non-hydrogen) atoms. The third kappa shape index (κ3) is 4.70. The van der Waals surface area contributed by atoms with Gasteiger partial charge in [0.2, 0.25) is 5.91 Å². The van der Waals surface area contributed by atoms with Gasteiger partial charge in [-0.2, -0.15) is 0 Å². The smallest absolute Gasteiger partial charge is 0.221 e. The lowest BCUT2D eigenvalue weighted by Gasteiger charge is -1.82. The molecule has 0 unspecified atom stereocenters. The van der Waals surface area contributed by atoms with E-state index < -0.39 is 0 Å². The molecule has 1 amide bonds. The highest BCUT2D eigenvalue weighted by atomic mass is 16.1. The van der Waals surface area contributed by atoms with Crippen LogP contribution in [-0.2, 0) is 9.59 Å². The first-order valence-corrected chi connectivity index (χ1v) is 1.99. The number of nitrogens with one attached hydrogen (secondary N) is 1. The van der Waals surface area contributed by atoms with Crippen LogP contribution in [0.5, 0.6) is 0 Å². The van der Waals surface area contributed by atoms with Crippen LogP contribution in [0.1, 0.15) is 6.92 Å². The predicted molar refractivity (Wildman–Crippen MR) is 27.6 cm³/mol. The summed E-state index contributed by atoms with van der Waals surface area (Å²) in [7, 11) is 0. The van der Waals surface area contributed by atoms with E-state index in [9.17, 15) is 9.59 Å². The molecule has 3 heteroatoms. The summed E-state index contributed by atoms with van der Waals surface area (Å²) in [5.74, 6) is 1.12. The van der Waals surface area contributed by atoms with E-state index in [0.29, 0.717) is 0 Å². The lowest BCUT2D eigenvalue weighted by molar-refractivity contribution is -0.118. The molecule has 0 fully saturated rings. The van der Waals surface area contributed by atoms with E-state index in [1.165, 1.54) is 12.9 Å². The first kappa shape index (κ1) is 6.70. The van der Waals surface area contributed by atoms with Gasteiger partial charge in [-0.25, -0.2) is 4.79 Å². The van der Waals surface area contributed by atoms with E-state index in [1.54, 1.807) is 0 Å². The number of hydrogen-bond acceptors (Lipinski definition) is 2. The summed E-state index contributed by atoms with van der Waals surface area (Å²) in [6.07, 6.45) is 1.11. The lowest BCUT2D eigenvalue weighted by Crippen LogP contribution is -2.10. The summed E-state index contributed by atoms with van der Waals surface area (Å²) in [4.78, 5) is 19.4. The SMILES string of the molecule is CC(=O)NC=C=C=O. The van der Waals surface area contributed by atoms with Crippen LogP contribution in [0.2, 0.25) is 0 Å². The van der Waals surface area contributed by atoms with Gasteiger partial charge < -0.3 is 5.32 Å². The number of amides is 1. The molecule has 0 aromatic rings. The fraction of sp³-hybridized carbons (Fsp3) is 0.200. The number of hydrogen-bond donors (Lipinski definition) is 1. The Morgan fingerprint density at radius 3 is 2.75 bits per heavy atom. The van der Waals surface area contributed by atoms with Crippen LogP contribution in [-0.4, -0.2) is 11.8 Å². The minimum absolute atomic E-state index is 0.229. The molecule has 0 aromatic carbocycles. The molecule has 42 valence electrons. The van der Waals surface area contributed by atoms with Crippen LogP contribution in [0.15, 0.2) is 11.9 Å². The van der Waals surface area contributed by atoms with Gasteiger partial charge in [0.05, 0.1) is 6.20 Å². The molecule has 0 aliphatic carbocycles. The Morgan fingerprint density at radius 2 is 2.38 bits per heavy atom. The minimum atomic E-state index is -0.229. The third-order valence-corrected chi connectivity index (χ3v) is 0.407. The van der Waals surface area contributed by atoms with Crippen LogP contribution in [0.25, 0.3) is 0 Å². The molecular weight excluding hydrogens is 106 g/mol. The van der Waals surface area contributed by atoms with Gasteiger partial charge in [0.25, 0.3) is 0 Å². The molecule has 0 saturated heterocycles. The van der Waals surface area contributed by atoms with Gasteiger partial charge in [-0.1, -0.05) is 0 Å². The molecule has 1 N–H and O–H groups in total. The normalized spacial score (nSPS) is 6.12. The maximum atomic E-state index is 10.0. The summed E-state index contributed by atoms with van der Waals surface area (Å²) in [5.41, 5.74) is 2.02.